The van der Waals surface area contributed by atoms with Crippen LogP contribution in [0.25, 0.3) is 0 Å². The first-order valence-corrected chi connectivity index (χ1v) is 12.0. The number of nitrogens with one attached hydrogen (secondary N) is 3. The zero-order valence-corrected chi connectivity index (χ0v) is 20.1. The van der Waals surface area contributed by atoms with E-state index in [1.165, 1.54) is 11.3 Å². The maximum atomic E-state index is 13.2. The van der Waals surface area contributed by atoms with Crippen LogP contribution >= 0.6 is 27.3 Å². The number of rotatable bonds is 5. The zero-order chi connectivity index (χ0) is 22.7. The topological polar surface area (TPSA) is 104 Å². The molecule has 1 unspecified atom stereocenters. The number of hydrogen-bond acceptors (Lipinski definition) is 6. The van der Waals surface area contributed by atoms with E-state index in [0.717, 1.165) is 15.0 Å². The van der Waals surface area contributed by atoms with Gasteiger partial charge in [-0.25, -0.2) is 0 Å². The summed E-state index contributed by atoms with van der Waals surface area (Å²) in [6.07, 6.45) is 0.972. The van der Waals surface area contributed by atoms with Crippen LogP contribution < -0.4 is 15.5 Å². The SMILES string of the molecule is Cc1cc(NC(=O)C2(NC(=O)c3ccc(Br)s3)CCOC2)ccc1N1CCOCCC1=N. The molecule has 1 atom stereocenters. The van der Waals surface area contributed by atoms with Gasteiger partial charge < -0.3 is 25.0 Å². The van der Waals surface area contributed by atoms with Crippen molar-refractivity contribution in [1.29, 1.82) is 5.41 Å². The second kappa shape index (κ2) is 9.70. The molecule has 0 aliphatic carbocycles. The highest BCUT2D eigenvalue weighted by Crippen LogP contribution is 2.28. The fourth-order valence-corrected chi connectivity index (χ4v) is 5.15. The van der Waals surface area contributed by atoms with Gasteiger partial charge >= 0.3 is 0 Å². The van der Waals surface area contributed by atoms with Gasteiger partial charge in [-0.3, -0.25) is 15.0 Å². The molecule has 4 rings (SSSR count). The molecule has 2 fully saturated rings. The van der Waals surface area contributed by atoms with Gasteiger partial charge in [0.2, 0.25) is 0 Å². The summed E-state index contributed by atoms with van der Waals surface area (Å²) in [6.45, 7) is 4.23. The summed E-state index contributed by atoms with van der Waals surface area (Å²) in [7, 11) is 0. The van der Waals surface area contributed by atoms with E-state index >= 15 is 0 Å². The van der Waals surface area contributed by atoms with Crippen molar-refractivity contribution in [2.24, 2.45) is 0 Å². The predicted octanol–water partition coefficient (Wildman–Crippen LogP) is 3.55. The molecular weight excluding hydrogens is 496 g/mol. The fraction of sp³-hybridized carbons (Fsp3) is 0.409. The number of anilines is 2. The highest BCUT2D eigenvalue weighted by molar-refractivity contribution is 9.11. The highest BCUT2D eigenvalue weighted by Gasteiger charge is 2.44. The maximum Gasteiger partial charge on any atom is 0.262 e. The molecule has 0 radical (unpaired) electrons. The van der Waals surface area contributed by atoms with Crippen molar-refractivity contribution in [1.82, 2.24) is 5.32 Å². The van der Waals surface area contributed by atoms with Crippen LogP contribution in [0.4, 0.5) is 11.4 Å². The number of carbonyl (C=O) groups is 2. The molecule has 2 saturated heterocycles. The lowest BCUT2D eigenvalue weighted by Gasteiger charge is -2.28. The van der Waals surface area contributed by atoms with Crippen molar-refractivity contribution < 1.29 is 19.1 Å². The lowest BCUT2D eigenvalue weighted by Crippen LogP contribution is -2.57. The zero-order valence-electron chi connectivity index (χ0n) is 17.7. The average Bonchev–Trinajstić information content (AvgIpc) is 3.36. The van der Waals surface area contributed by atoms with Gasteiger partial charge in [0.1, 0.15) is 11.4 Å². The first kappa shape index (κ1) is 22.9. The Morgan fingerprint density at radius 1 is 1.19 bits per heavy atom. The Labute approximate surface area is 198 Å². The molecule has 3 N–H and O–H groups in total. The number of hydrogen-bond donors (Lipinski definition) is 3. The molecule has 2 amide bonds. The lowest BCUT2D eigenvalue weighted by atomic mass is 9.96. The summed E-state index contributed by atoms with van der Waals surface area (Å²) in [5, 5.41) is 14.1. The number of halogens is 1. The Morgan fingerprint density at radius 2 is 2.03 bits per heavy atom. The quantitative estimate of drug-likeness (QED) is 0.559. The van der Waals surface area contributed by atoms with E-state index in [0.29, 0.717) is 55.6 Å². The van der Waals surface area contributed by atoms with Crippen LogP contribution in [0.3, 0.4) is 0 Å². The van der Waals surface area contributed by atoms with Gasteiger partial charge in [-0.2, -0.15) is 0 Å². The van der Waals surface area contributed by atoms with Crippen LogP contribution in [-0.4, -0.2) is 56.2 Å². The molecule has 10 heteroatoms. The standard InChI is InChI=1S/C22H25BrN4O4S/c1-14-12-15(2-3-16(14)27-8-11-30-9-6-19(27)24)25-21(29)22(7-10-31-13-22)26-20(28)17-4-5-18(23)32-17/h2-5,12,24H,6-11,13H2,1H3,(H,25,29)(H,26,28). The average molecular weight is 521 g/mol. The number of carbonyl (C=O) groups excluding carboxylic acids is 2. The predicted molar refractivity (Wildman–Crippen MR) is 128 cm³/mol. The van der Waals surface area contributed by atoms with E-state index in [2.05, 4.69) is 26.6 Å². The smallest absolute Gasteiger partial charge is 0.262 e. The second-order valence-corrected chi connectivity index (χ2v) is 10.3. The van der Waals surface area contributed by atoms with Gasteiger partial charge in [0.15, 0.2) is 0 Å². The number of nitrogens with zero attached hydrogens (tertiary/aromatic N) is 1. The van der Waals surface area contributed by atoms with Crippen LogP contribution in [0.2, 0.25) is 0 Å². The minimum atomic E-state index is -1.12. The normalized spacial score (nSPS) is 21.3. The van der Waals surface area contributed by atoms with E-state index in [9.17, 15) is 9.59 Å². The van der Waals surface area contributed by atoms with Crippen LogP contribution in [0.1, 0.15) is 28.1 Å². The molecule has 2 aliphatic rings. The van der Waals surface area contributed by atoms with Gasteiger partial charge in [0.25, 0.3) is 11.8 Å². The number of benzene rings is 1. The molecule has 0 saturated carbocycles. The van der Waals surface area contributed by atoms with Gasteiger partial charge in [-0.15, -0.1) is 11.3 Å². The lowest BCUT2D eigenvalue weighted by molar-refractivity contribution is -0.122. The summed E-state index contributed by atoms with van der Waals surface area (Å²) in [5.41, 5.74) is 1.38. The molecule has 3 heterocycles. The molecule has 1 aromatic heterocycles. The first-order chi connectivity index (χ1) is 15.4. The molecule has 170 valence electrons. The van der Waals surface area contributed by atoms with Gasteiger partial charge in [-0.1, -0.05) is 0 Å². The summed E-state index contributed by atoms with van der Waals surface area (Å²) in [5.74, 6) is -0.0795. The summed E-state index contributed by atoms with van der Waals surface area (Å²) in [6, 6.07) is 9.14. The highest BCUT2D eigenvalue weighted by atomic mass is 79.9. The van der Waals surface area contributed by atoms with E-state index in [1.807, 2.05) is 30.0 Å². The summed E-state index contributed by atoms with van der Waals surface area (Å²) >= 11 is 4.67. The van der Waals surface area contributed by atoms with Crippen molar-refractivity contribution in [2.75, 3.05) is 43.2 Å². The molecule has 1 aromatic carbocycles. The Balaban J connectivity index is 1.49. The Bertz CT molecular complexity index is 1030. The summed E-state index contributed by atoms with van der Waals surface area (Å²) < 4.78 is 11.8. The van der Waals surface area contributed by atoms with Crippen LogP contribution in [0.15, 0.2) is 34.1 Å². The number of ether oxygens (including phenoxy) is 2. The third kappa shape index (κ3) is 4.88. The van der Waals surface area contributed by atoms with Crippen LogP contribution in [-0.2, 0) is 14.3 Å². The number of amidine groups is 1. The molecule has 8 nitrogen and oxygen atoms in total. The summed E-state index contributed by atoms with van der Waals surface area (Å²) in [4.78, 5) is 28.4. The van der Waals surface area contributed by atoms with Crippen LogP contribution in [0, 0.1) is 12.3 Å². The molecule has 2 aliphatic heterocycles. The third-order valence-corrected chi connectivity index (χ3v) is 7.24. The van der Waals surface area contributed by atoms with Crippen LogP contribution in [0.5, 0.6) is 0 Å². The Hall–Kier alpha value is -2.27. The monoisotopic (exact) mass is 520 g/mol. The van der Waals surface area contributed by atoms with Gasteiger partial charge in [0.05, 0.1) is 28.5 Å². The van der Waals surface area contributed by atoms with E-state index in [-0.39, 0.29) is 18.4 Å². The number of aryl methyl sites for hydroxylation is 1. The minimum absolute atomic E-state index is 0.124. The van der Waals surface area contributed by atoms with Crippen molar-refractivity contribution in [2.45, 2.75) is 25.3 Å². The molecular formula is C22H25BrN4O4S. The van der Waals surface area contributed by atoms with E-state index in [1.54, 1.807) is 12.1 Å². The van der Waals surface area contributed by atoms with E-state index in [4.69, 9.17) is 14.9 Å². The van der Waals surface area contributed by atoms with Crippen molar-refractivity contribution in [3.8, 4) is 0 Å². The van der Waals surface area contributed by atoms with Crippen molar-refractivity contribution >= 4 is 56.3 Å². The first-order valence-electron chi connectivity index (χ1n) is 10.4. The Kier molecular flexibility index (Phi) is 6.94. The molecule has 2 aromatic rings. The second-order valence-electron chi connectivity index (χ2n) is 7.86. The van der Waals surface area contributed by atoms with Gasteiger partial charge in [-0.05, 0) is 58.7 Å². The molecule has 0 bridgehead atoms. The molecule has 32 heavy (non-hydrogen) atoms. The number of amides is 2. The number of thiophene rings is 1. The van der Waals surface area contributed by atoms with Gasteiger partial charge in [0, 0.05) is 37.4 Å². The third-order valence-electron chi connectivity index (χ3n) is 5.62. The largest absolute Gasteiger partial charge is 0.379 e. The van der Waals surface area contributed by atoms with Crippen molar-refractivity contribution in [3.05, 3.63) is 44.6 Å². The fourth-order valence-electron chi connectivity index (χ4n) is 3.86. The Morgan fingerprint density at radius 3 is 2.72 bits per heavy atom. The maximum absolute atomic E-state index is 13.2. The van der Waals surface area contributed by atoms with Crippen molar-refractivity contribution in [3.63, 3.8) is 0 Å². The molecule has 0 spiro atoms. The minimum Gasteiger partial charge on any atom is -0.379 e. The van der Waals surface area contributed by atoms with E-state index < -0.39 is 5.54 Å².